The van der Waals surface area contributed by atoms with Crippen LogP contribution >= 0.6 is 15.9 Å². The summed E-state index contributed by atoms with van der Waals surface area (Å²) in [5, 5.41) is 0. The van der Waals surface area contributed by atoms with Crippen LogP contribution in [0.15, 0.2) is 27.8 Å². The van der Waals surface area contributed by atoms with Gasteiger partial charge in [-0.05, 0) is 0 Å². The van der Waals surface area contributed by atoms with Gasteiger partial charge < -0.3 is 0 Å². The average Bonchev–Trinajstić information content (AvgIpc) is 1.94. The molecule has 0 unspecified atom stereocenters. The number of hydrogen-bond donors (Lipinski definition) is 0. The van der Waals surface area contributed by atoms with E-state index < -0.39 is 0 Å². The van der Waals surface area contributed by atoms with Gasteiger partial charge in [0.25, 0.3) is 0 Å². The second kappa shape index (κ2) is 3.79. The second-order valence-corrected chi connectivity index (χ2v) is 2.75. The molecular formula is C6H3BrN2Se. The van der Waals surface area contributed by atoms with E-state index in [1.165, 1.54) is 0 Å². The van der Waals surface area contributed by atoms with Crippen LogP contribution in [0.2, 0.25) is 0 Å². The third-order valence-electron chi connectivity index (χ3n) is 0.891. The zero-order valence-corrected chi connectivity index (χ0v) is 8.21. The summed E-state index contributed by atoms with van der Waals surface area (Å²) in [6.45, 7) is 0. The van der Waals surface area contributed by atoms with Crippen LogP contribution < -0.4 is 0 Å². The minimum absolute atomic E-state index is 0.640. The summed E-state index contributed by atoms with van der Waals surface area (Å²) in [6.07, 6.45) is 1.68. The van der Waals surface area contributed by atoms with Crippen LogP contribution in [0, 0.1) is 0 Å². The zero-order chi connectivity index (χ0) is 7.40. The van der Waals surface area contributed by atoms with Gasteiger partial charge in [-0.3, -0.25) is 0 Å². The van der Waals surface area contributed by atoms with Crippen LogP contribution in [0.3, 0.4) is 0 Å². The van der Waals surface area contributed by atoms with E-state index in [1.807, 2.05) is 12.1 Å². The summed E-state index contributed by atoms with van der Waals surface area (Å²) in [5.74, 6) is 0.640. The fraction of sp³-hybridized carbons (Fsp3) is 0. The van der Waals surface area contributed by atoms with Crippen LogP contribution in [-0.2, 0) is 0 Å². The Hall–Kier alpha value is -0.271. The van der Waals surface area contributed by atoms with Gasteiger partial charge in [-0.2, -0.15) is 0 Å². The Morgan fingerprint density at radius 1 is 1.70 bits per heavy atom. The van der Waals surface area contributed by atoms with Gasteiger partial charge in [0.15, 0.2) is 0 Å². The molecule has 0 spiro atoms. The predicted octanol–water partition coefficient (Wildman–Crippen LogP) is 1.55. The Kier molecular flexibility index (Phi) is 2.97. The first-order chi connectivity index (χ1) is 4.84. The van der Waals surface area contributed by atoms with Crippen molar-refractivity contribution in [1.29, 1.82) is 0 Å². The van der Waals surface area contributed by atoms with E-state index >= 15 is 0 Å². The van der Waals surface area contributed by atoms with Crippen molar-refractivity contribution in [2.45, 2.75) is 0 Å². The van der Waals surface area contributed by atoms with Crippen LogP contribution in [0.1, 0.15) is 0 Å². The van der Waals surface area contributed by atoms with Crippen molar-refractivity contribution < 1.29 is 0 Å². The van der Waals surface area contributed by atoms with Gasteiger partial charge in [0.1, 0.15) is 0 Å². The fourth-order valence-corrected chi connectivity index (χ4v) is 1.03. The van der Waals surface area contributed by atoms with E-state index in [0.717, 1.165) is 4.47 Å². The Morgan fingerprint density at radius 3 is 3.10 bits per heavy atom. The standard InChI is InChI=1S/C6H3BrN2Se/c7-5-2-1-3-8-6(5)9-4-10/h1-3H. The van der Waals surface area contributed by atoms with E-state index in [9.17, 15) is 0 Å². The number of aliphatic imine (C=N–C) groups is 1. The molecule has 10 heavy (non-hydrogen) atoms. The predicted molar refractivity (Wildman–Crippen MR) is 44.8 cm³/mol. The van der Waals surface area contributed by atoms with Gasteiger partial charge in [0.2, 0.25) is 0 Å². The summed E-state index contributed by atoms with van der Waals surface area (Å²) in [5.41, 5.74) is 0. The Morgan fingerprint density at radius 2 is 2.50 bits per heavy atom. The van der Waals surface area contributed by atoms with Crippen LogP contribution in [0.4, 0.5) is 5.82 Å². The van der Waals surface area contributed by atoms with Crippen molar-refractivity contribution in [2.75, 3.05) is 0 Å². The van der Waals surface area contributed by atoms with Crippen molar-refractivity contribution in [3.8, 4) is 0 Å². The van der Waals surface area contributed by atoms with E-state index in [-0.39, 0.29) is 0 Å². The molecule has 0 radical (unpaired) electrons. The van der Waals surface area contributed by atoms with Crippen molar-refractivity contribution >= 4 is 42.0 Å². The first-order valence-electron chi connectivity index (χ1n) is 2.53. The topological polar surface area (TPSA) is 25.2 Å². The molecule has 1 aromatic heterocycles. The molecule has 0 atom stereocenters. The monoisotopic (exact) mass is 262 g/mol. The molecule has 0 amide bonds. The first kappa shape index (κ1) is 7.83. The quantitative estimate of drug-likeness (QED) is 0.556. The van der Waals surface area contributed by atoms with Crippen molar-refractivity contribution in [2.24, 2.45) is 4.99 Å². The summed E-state index contributed by atoms with van der Waals surface area (Å²) < 4.78 is 3.41. The number of aromatic nitrogens is 1. The summed E-state index contributed by atoms with van der Waals surface area (Å²) in [7, 11) is 0. The molecule has 0 aliphatic carbocycles. The van der Waals surface area contributed by atoms with Gasteiger partial charge >= 0.3 is 74.8 Å². The Bertz CT molecular complexity index is 281. The van der Waals surface area contributed by atoms with E-state index in [4.69, 9.17) is 0 Å². The molecule has 0 bridgehead atoms. The molecular weight excluding hydrogens is 259 g/mol. The van der Waals surface area contributed by atoms with Gasteiger partial charge in [-0.25, -0.2) is 0 Å². The number of nitrogens with zero attached hydrogens (tertiary/aromatic N) is 2. The maximum atomic E-state index is 3.97. The second-order valence-electron chi connectivity index (χ2n) is 1.51. The summed E-state index contributed by atoms with van der Waals surface area (Å²) >= 11 is 5.83. The zero-order valence-electron chi connectivity index (χ0n) is 4.91. The van der Waals surface area contributed by atoms with Crippen LogP contribution in [-0.4, -0.2) is 25.3 Å². The van der Waals surface area contributed by atoms with Crippen LogP contribution in [0.5, 0.6) is 0 Å². The number of rotatable bonds is 1. The van der Waals surface area contributed by atoms with E-state index in [2.05, 4.69) is 46.2 Å². The average molecular weight is 262 g/mol. The molecule has 1 rings (SSSR count). The molecule has 0 saturated heterocycles. The third kappa shape index (κ3) is 1.86. The third-order valence-corrected chi connectivity index (χ3v) is 1.70. The van der Waals surface area contributed by atoms with Gasteiger partial charge in [-0.15, -0.1) is 0 Å². The Balaban J connectivity index is 3.14. The number of halogens is 1. The normalized spacial score (nSPS) is 8.50. The van der Waals surface area contributed by atoms with E-state index in [0.29, 0.717) is 5.82 Å². The van der Waals surface area contributed by atoms with Gasteiger partial charge in [-0.1, -0.05) is 0 Å². The van der Waals surface area contributed by atoms with E-state index in [1.54, 1.807) is 6.20 Å². The molecule has 0 saturated carbocycles. The maximum absolute atomic E-state index is 3.97. The molecule has 1 aromatic rings. The van der Waals surface area contributed by atoms with Gasteiger partial charge in [0.05, 0.1) is 0 Å². The summed E-state index contributed by atoms with van der Waals surface area (Å²) in [4.78, 5) is 7.81. The molecule has 0 fully saturated rings. The van der Waals surface area contributed by atoms with Crippen molar-refractivity contribution in [3.05, 3.63) is 22.8 Å². The van der Waals surface area contributed by atoms with Crippen molar-refractivity contribution in [1.82, 2.24) is 4.98 Å². The minimum atomic E-state index is 0.640. The number of pyridine rings is 1. The molecule has 0 aromatic carbocycles. The fourth-order valence-electron chi connectivity index (χ4n) is 0.503. The SMILES string of the molecule is [Se]=C=Nc1ncccc1Br. The first-order valence-corrected chi connectivity index (χ1v) is 4.18. The summed E-state index contributed by atoms with van der Waals surface area (Å²) in [6, 6.07) is 3.71. The molecule has 4 heteroatoms. The Labute approximate surface area is 74.9 Å². The number of hydrogen-bond acceptors (Lipinski definition) is 2. The molecule has 2 nitrogen and oxygen atoms in total. The molecule has 0 aliphatic rings. The molecule has 0 aliphatic heterocycles. The molecule has 50 valence electrons. The van der Waals surface area contributed by atoms with Crippen LogP contribution in [0.25, 0.3) is 0 Å². The molecule has 1 heterocycles. The van der Waals surface area contributed by atoms with Gasteiger partial charge in [0, 0.05) is 0 Å². The van der Waals surface area contributed by atoms with Crippen molar-refractivity contribution in [3.63, 3.8) is 0 Å². The molecule has 0 N–H and O–H groups in total.